The summed E-state index contributed by atoms with van der Waals surface area (Å²) in [6, 6.07) is 2.58. The van der Waals surface area contributed by atoms with Crippen LogP contribution >= 0.6 is 0 Å². The van der Waals surface area contributed by atoms with Crippen molar-refractivity contribution in [1.29, 1.82) is 0 Å². The minimum Gasteiger partial charge on any atom is -0.451 e. The van der Waals surface area contributed by atoms with Crippen LogP contribution in [0.3, 0.4) is 0 Å². The summed E-state index contributed by atoms with van der Waals surface area (Å²) in [5.41, 5.74) is -0.635. The number of halogens is 1. The molecule has 13 heteroatoms. The van der Waals surface area contributed by atoms with Crippen molar-refractivity contribution in [3.8, 4) is 11.5 Å². The Morgan fingerprint density at radius 2 is 1.70 bits per heavy atom. The molecular formula is C37H49FN6O6. The number of anilines is 1. The molecule has 3 atom stereocenters. The Morgan fingerprint density at radius 1 is 1.02 bits per heavy atom. The molecule has 2 bridgehead atoms. The van der Waals surface area contributed by atoms with E-state index in [9.17, 15) is 23.6 Å². The molecule has 1 aromatic heterocycles. The van der Waals surface area contributed by atoms with Gasteiger partial charge in [0.1, 0.15) is 35.3 Å². The summed E-state index contributed by atoms with van der Waals surface area (Å²) < 4.78 is 26.4. The molecule has 1 spiro atoms. The molecule has 0 radical (unpaired) electrons. The van der Waals surface area contributed by atoms with Crippen LogP contribution < -0.4 is 9.64 Å². The van der Waals surface area contributed by atoms with Crippen LogP contribution in [0.5, 0.6) is 11.5 Å². The third kappa shape index (κ3) is 6.87. The highest BCUT2D eigenvalue weighted by Crippen LogP contribution is 2.46. The van der Waals surface area contributed by atoms with E-state index < -0.39 is 29.5 Å². The van der Waals surface area contributed by atoms with Gasteiger partial charge >= 0.3 is 6.09 Å². The number of benzene rings is 1. The average molecular weight is 693 g/mol. The first kappa shape index (κ1) is 35.5. The van der Waals surface area contributed by atoms with Gasteiger partial charge in [-0.1, -0.05) is 0 Å². The molecule has 4 aliphatic heterocycles. The van der Waals surface area contributed by atoms with Crippen LogP contribution in [0.1, 0.15) is 90.9 Å². The fourth-order valence-electron chi connectivity index (χ4n) is 8.20. The lowest BCUT2D eigenvalue weighted by atomic mass is 9.71. The van der Waals surface area contributed by atoms with E-state index in [0.29, 0.717) is 50.6 Å². The quantitative estimate of drug-likeness (QED) is 0.372. The molecule has 5 heterocycles. The number of fused-ring (bicyclic) bond motifs is 3. The van der Waals surface area contributed by atoms with E-state index in [2.05, 4.69) is 14.9 Å². The number of hydrogen-bond acceptors (Lipinski definition) is 9. The fraction of sp³-hybridized carbons (Fsp3) is 0.622. The number of hydrogen-bond donors (Lipinski definition) is 0. The van der Waals surface area contributed by atoms with Crippen molar-refractivity contribution in [3.05, 3.63) is 42.1 Å². The van der Waals surface area contributed by atoms with Crippen LogP contribution in [0.15, 0.2) is 30.7 Å². The first-order valence-electron chi connectivity index (χ1n) is 17.8. The first-order chi connectivity index (χ1) is 23.6. The molecule has 1 aromatic carbocycles. The zero-order valence-electron chi connectivity index (χ0n) is 30.1. The summed E-state index contributed by atoms with van der Waals surface area (Å²) in [5.74, 6) is -0.331. The van der Waals surface area contributed by atoms with Gasteiger partial charge in [0.2, 0.25) is 5.91 Å². The normalized spacial score (nSPS) is 23.0. The van der Waals surface area contributed by atoms with Gasteiger partial charge in [-0.2, -0.15) is 0 Å². The Kier molecular flexibility index (Phi) is 9.55. The monoisotopic (exact) mass is 692 g/mol. The standard InChI is InChI=1S/C37H49FN6O6/c1-22(2)43(23(3)4)33(46)27-16-24(38)8-11-29(27)49-30-18-39-21-40-32(30)42-19-37(20-42)12-14-41(15-13-37)34(47)31-26-10-9-25(17-28(26)45)44(31)35(48)50-36(5,6)7/h8,11,16,18,21-23,25-26,31H,9-10,12-15,17,19-20H2,1-7H3/t25-,26+,31-/m0/s1. The Bertz CT molecular complexity index is 1630. The van der Waals surface area contributed by atoms with Gasteiger partial charge in [-0.15, -0.1) is 0 Å². The van der Waals surface area contributed by atoms with Gasteiger partial charge in [0, 0.05) is 62.1 Å². The van der Waals surface area contributed by atoms with Crippen LogP contribution in [0, 0.1) is 17.2 Å². The van der Waals surface area contributed by atoms with Gasteiger partial charge in [0.05, 0.1) is 11.8 Å². The summed E-state index contributed by atoms with van der Waals surface area (Å²) in [6.07, 6.45) is 5.55. The molecule has 270 valence electrons. The highest BCUT2D eigenvalue weighted by Gasteiger charge is 2.55. The van der Waals surface area contributed by atoms with Crippen LogP contribution in [0.2, 0.25) is 0 Å². The van der Waals surface area contributed by atoms with Crippen molar-refractivity contribution in [1.82, 2.24) is 24.7 Å². The lowest BCUT2D eigenvalue weighted by Crippen LogP contribution is -2.67. The Hall–Kier alpha value is -4.29. The van der Waals surface area contributed by atoms with Crippen LogP contribution in [0.25, 0.3) is 0 Å². The summed E-state index contributed by atoms with van der Waals surface area (Å²) in [7, 11) is 0. The molecule has 3 amide bonds. The number of ketones is 1. The number of nitrogens with zero attached hydrogens (tertiary/aromatic N) is 6. The molecule has 5 fully saturated rings. The topological polar surface area (TPSA) is 125 Å². The molecule has 1 aliphatic carbocycles. The number of rotatable bonds is 7. The Balaban J connectivity index is 1.13. The minimum atomic E-state index is -0.825. The maximum absolute atomic E-state index is 14.4. The van der Waals surface area contributed by atoms with E-state index in [4.69, 9.17) is 9.47 Å². The summed E-state index contributed by atoms with van der Waals surface area (Å²) in [5, 5.41) is 0. The number of piperidine rings is 3. The van der Waals surface area contributed by atoms with Crippen molar-refractivity contribution in [3.63, 3.8) is 0 Å². The van der Waals surface area contributed by atoms with E-state index >= 15 is 0 Å². The van der Waals surface area contributed by atoms with Crippen molar-refractivity contribution in [2.75, 3.05) is 31.1 Å². The molecule has 50 heavy (non-hydrogen) atoms. The van der Waals surface area contributed by atoms with Crippen molar-refractivity contribution in [2.24, 2.45) is 11.3 Å². The largest absolute Gasteiger partial charge is 0.451 e. The van der Waals surface area contributed by atoms with Gasteiger partial charge in [-0.05, 0) is 92.3 Å². The number of Topliss-reactive ketones (excluding diaryl/α,β-unsaturated/α-hetero) is 1. The van der Waals surface area contributed by atoms with Gasteiger partial charge < -0.3 is 24.2 Å². The average Bonchev–Trinajstić information content (AvgIpc) is 3.03. The zero-order valence-corrected chi connectivity index (χ0v) is 30.1. The predicted molar refractivity (Wildman–Crippen MR) is 183 cm³/mol. The summed E-state index contributed by atoms with van der Waals surface area (Å²) in [6.45, 7) is 15.5. The zero-order chi connectivity index (χ0) is 36.1. The molecule has 4 saturated heterocycles. The molecule has 1 saturated carbocycles. The first-order valence-corrected chi connectivity index (χ1v) is 17.8. The van der Waals surface area contributed by atoms with Crippen molar-refractivity contribution >= 4 is 29.5 Å². The highest BCUT2D eigenvalue weighted by atomic mass is 19.1. The van der Waals surface area contributed by atoms with Crippen molar-refractivity contribution < 1.29 is 33.0 Å². The highest BCUT2D eigenvalue weighted by molar-refractivity contribution is 5.98. The van der Waals surface area contributed by atoms with E-state index in [1.165, 1.54) is 24.5 Å². The third-order valence-corrected chi connectivity index (χ3v) is 10.5. The number of carbonyl (C=O) groups is 4. The third-order valence-electron chi connectivity index (χ3n) is 10.5. The number of aromatic nitrogens is 2. The lowest BCUT2D eigenvalue weighted by molar-refractivity contribution is -0.155. The Labute approximate surface area is 293 Å². The maximum Gasteiger partial charge on any atom is 0.411 e. The molecule has 12 nitrogen and oxygen atoms in total. The Morgan fingerprint density at radius 3 is 2.32 bits per heavy atom. The van der Waals surface area contributed by atoms with E-state index in [-0.39, 0.29) is 58.9 Å². The van der Waals surface area contributed by atoms with Crippen LogP contribution in [0.4, 0.5) is 15.0 Å². The molecule has 2 aromatic rings. The predicted octanol–water partition coefficient (Wildman–Crippen LogP) is 5.45. The second kappa shape index (κ2) is 13.4. The van der Waals surface area contributed by atoms with Gasteiger partial charge in [0.25, 0.3) is 5.91 Å². The number of ether oxygens (including phenoxy) is 2. The van der Waals surface area contributed by atoms with Crippen LogP contribution in [-0.4, -0.2) is 104 Å². The fourth-order valence-corrected chi connectivity index (χ4v) is 8.20. The lowest BCUT2D eigenvalue weighted by Gasteiger charge is -2.55. The second-order valence-corrected chi connectivity index (χ2v) is 15.9. The number of likely N-dealkylation sites (tertiary alicyclic amines) is 1. The van der Waals surface area contributed by atoms with Crippen LogP contribution in [-0.2, 0) is 14.3 Å². The number of carbonyl (C=O) groups excluding carboxylic acids is 4. The number of amides is 3. The molecule has 5 aliphatic rings. The smallest absolute Gasteiger partial charge is 0.411 e. The van der Waals surface area contributed by atoms with E-state index in [1.807, 2.05) is 32.6 Å². The minimum absolute atomic E-state index is 0.0444. The van der Waals surface area contributed by atoms with Gasteiger partial charge in [0.15, 0.2) is 11.6 Å². The molecular weight excluding hydrogens is 643 g/mol. The second-order valence-electron chi connectivity index (χ2n) is 15.9. The summed E-state index contributed by atoms with van der Waals surface area (Å²) in [4.78, 5) is 69.7. The summed E-state index contributed by atoms with van der Waals surface area (Å²) >= 11 is 0. The van der Waals surface area contributed by atoms with Gasteiger partial charge in [-0.3, -0.25) is 19.3 Å². The molecule has 0 N–H and O–H groups in total. The molecule has 7 rings (SSSR count). The maximum atomic E-state index is 14.4. The van der Waals surface area contributed by atoms with E-state index in [1.54, 1.807) is 36.8 Å². The van der Waals surface area contributed by atoms with E-state index in [0.717, 1.165) is 12.8 Å². The van der Waals surface area contributed by atoms with Crippen molar-refractivity contribution in [2.45, 2.75) is 110 Å². The molecule has 0 unspecified atom stereocenters. The SMILES string of the molecule is CC(C)N(C(=O)c1cc(F)ccc1Oc1cncnc1N1CC2(CCN(C(=O)[C@@H]3[C@@H]4CC[C@@H](CC4=O)N3C(=O)OC(C)(C)C)CC2)C1)C(C)C. The van der Waals surface area contributed by atoms with Gasteiger partial charge in [-0.25, -0.2) is 19.2 Å².